The summed E-state index contributed by atoms with van der Waals surface area (Å²) in [6.07, 6.45) is 1.78. The minimum absolute atomic E-state index is 0.220. The van der Waals surface area contributed by atoms with E-state index in [0.29, 0.717) is 24.9 Å². The number of β-amino-alcohol motifs (C(OH)–C–C–N with tert-alkyl or cyclic N) is 1. The van der Waals surface area contributed by atoms with Crippen molar-refractivity contribution in [3.05, 3.63) is 5.89 Å². The van der Waals surface area contributed by atoms with E-state index in [9.17, 15) is 5.11 Å². The molecule has 1 fully saturated rings. The fourth-order valence-corrected chi connectivity index (χ4v) is 1.89. The van der Waals surface area contributed by atoms with Crippen LogP contribution in [0.25, 0.3) is 0 Å². The summed E-state index contributed by atoms with van der Waals surface area (Å²) < 4.78 is 5.08. The molecule has 6 nitrogen and oxygen atoms in total. The molecule has 0 radical (unpaired) electrons. The summed E-state index contributed by atoms with van der Waals surface area (Å²) in [5, 5.41) is 20.3. The molecule has 1 saturated heterocycles. The molecule has 96 valence electrons. The van der Waals surface area contributed by atoms with E-state index in [-0.39, 0.29) is 5.92 Å². The highest BCUT2D eigenvalue weighted by atomic mass is 16.5. The quantitative estimate of drug-likeness (QED) is 0.719. The first kappa shape index (κ1) is 12.3. The number of hydrogen-bond donors (Lipinski definition) is 3. The van der Waals surface area contributed by atoms with Gasteiger partial charge >= 0.3 is 0 Å². The minimum Gasteiger partial charge on any atom is -0.387 e. The van der Waals surface area contributed by atoms with Gasteiger partial charge in [0.05, 0.1) is 5.60 Å². The molecule has 17 heavy (non-hydrogen) atoms. The molecule has 0 saturated carbocycles. The second-order valence-electron chi connectivity index (χ2n) is 4.97. The molecule has 0 aromatic carbocycles. The van der Waals surface area contributed by atoms with Gasteiger partial charge in [-0.2, -0.15) is 4.98 Å². The number of hydrogen-bond acceptors (Lipinski definition) is 6. The molecule has 1 aliphatic heterocycles. The van der Waals surface area contributed by atoms with Crippen LogP contribution in [0, 0.1) is 0 Å². The Morgan fingerprint density at radius 1 is 1.59 bits per heavy atom. The molecule has 2 rings (SSSR count). The van der Waals surface area contributed by atoms with Crippen LogP contribution in [0.4, 0.5) is 5.95 Å². The van der Waals surface area contributed by atoms with Gasteiger partial charge in [-0.3, -0.25) is 0 Å². The van der Waals surface area contributed by atoms with E-state index in [1.54, 1.807) is 0 Å². The monoisotopic (exact) mass is 240 g/mol. The van der Waals surface area contributed by atoms with Crippen molar-refractivity contribution in [1.29, 1.82) is 0 Å². The Balaban J connectivity index is 1.88. The fraction of sp³-hybridized carbons (Fsp3) is 0.818. The third kappa shape index (κ3) is 3.17. The second kappa shape index (κ2) is 5.01. The van der Waals surface area contributed by atoms with Crippen molar-refractivity contribution in [2.75, 3.05) is 25.0 Å². The van der Waals surface area contributed by atoms with Gasteiger partial charge in [-0.15, -0.1) is 0 Å². The first-order valence-corrected chi connectivity index (χ1v) is 6.10. The first-order chi connectivity index (χ1) is 8.09. The first-order valence-electron chi connectivity index (χ1n) is 6.10. The number of aliphatic hydroxyl groups is 1. The van der Waals surface area contributed by atoms with Crippen molar-refractivity contribution < 1.29 is 9.63 Å². The molecule has 6 heteroatoms. The average Bonchev–Trinajstić information content (AvgIpc) is 2.76. The van der Waals surface area contributed by atoms with Gasteiger partial charge in [0.1, 0.15) is 0 Å². The Bertz CT molecular complexity index is 358. The van der Waals surface area contributed by atoms with Crippen LogP contribution >= 0.6 is 0 Å². The molecular weight excluding hydrogens is 220 g/mol. The zero-order chi connectivity index (χ0) is 12.3. The Labute approximate surface area is 101 Å². The third-order valence-electron chi connectivity index (χ3n) is 2.96. The number of rotatable bonds is 4. The van der Waals surface area contributed by atoms with Crippen molar-refractivity contribution in [3.8, 4) is 0 Å². The lowest BCUT2D eigenvalue weighted by molar-refractivity contribution is 0.0290. The highest BCUT2D eigenvalue weighted by Crippen LogP contribution is 2.17. The van der Waals surface area contributed by atoms with Crippen molar-refractivity contribution >= 4 is 5.95 Å². The zero-order valence-electron chi connectivity index (χ0n) is 10.4. The highest BCUT2D eigenvalue weighted by Gasteiger charge is 2.29. The van der Waals surface area contributed by atoms with E-state index in [1.807, 2.05) is 13.8 Å². The second-order valence-corrected chi connectivity index (χ2v) is 4.97. The molecule has 2 heterocycles. The predicted molar refractivity (Wildman–Crippen MR) is 63.9 cm³/mol. The highest BCUT2D eigenvalue weighted by molar-refractivity contribution is 5.23. The molecule has 0 aliphatic carbocycles. The summed E-state index contributed by atoms with van der Waals surface area (Å²) in [7, 11) is 0. The summed E-state index contributed by atoms with van der Waals surface area (Å²) in [5.41, 5.74) is -0.711. The maximum Gasteiger partial charge on any atom is 0.263 e. The van der Waals surface area contributed by atoms with Crippen LogP contribution in [-0.2, 0) is 0 Å². The van der Waals surface area contributed by atoms with Gasteiger partial charge in [0.25, 0.3) is 5.95 Å². The van der Waals surface area contributed by atoms with Crippen molar-refractivity contribution in [1.82, 2.24) is 15.5 Å². The molecule has 1 aliphatic rings. The van der Waals surface area contributed by atoms with E-state index in [4.69, 9.17) is 4.52 Å². The summed E-state index contributed by atoms with van der Waals surface area (Å²) in [4.78, 5) is 4.20. The van der Waals surface area contributed by atoms with Gasteiger partial charge in [0, 0.05) is 19.0 Å². The standard InChI is InChI=1S/C11H20N4O2/c1-8(2)9-14-10(15-17-9)13-7-11(16)4-3-5-12-6-11/h8,12,16H,3-7H2,1-2H3,(H,13,15)/t11-/m0/s1. The van der Waals surface area contributed by atoms with Crippen molar-refractivity contribution in [2.24, 2.45) is 0 Å². The van der Waals surface area contributed by atoms with E-state index in [0.717, 1.165) is 19.4 Å². The lowest BCUT2D eigenvalue weighted by Gasteiger charge is -2.32. The van der Waals surface area contributed by atoms with Crippen LogP contribution in [-0.4, -0.2) is 40.5 Å². The molecule has 0 spiro atoms. The number of anilines is 1. The van der Waals surface area contributed by atoms with E-state index in [1.165, 1.54) is 0 Å². The Morgan fingerprint density at radius 2 is 2.41 bits per heavy atom. The molecule has 1 aromatic heterocycles. The van der Waals surface area contributed by atoms with Gasteiger partial charge in [0.2, 0.25) is 5.89 Å². The Kier molecular flexibility index (Phi) is 3.63. The molecule has 1 aromatic rings. The minimum atomic E-state index is -0.711. The van der Waals surface area contributed by atoms with Crippen LogP contribution in [0.2, 0.25) is 0 Å². The zero-order valence-corrected chi connectivity index (χ0v) is 10.4. The maximum atomic E-state index is 10.2. The Hall–Kier alpha value is -1.14. The van der Waals surface area contributed by atoms with E-state index >= 15 is 0 Å². The van der Waals surface area contributed by atoms with Crippen LogP contribution in [0.15, 0.2) is 4.52 Å². The van der Waals surface area contributed by atoms with Gasteiger partial charge in [0.15, 0.2) is 0 Å². The van der Waals surface area contributed by atoms with Crippen molar-refractivity contribution in [2.45, 2.75) is 38.2 Å². The predicted octanol–water partition coefficient (Wildman–Crippen LogP) is 0.719. The number of piperidine rings is 1. The van der Waals surface area contributed by atoms with Crippen LogP contribution in [0.1, 0.15) is 38.5 Å². The maximum absolute atomic E-state index is 10.2. The van der Waals surface area contributed by atoms with Gasteiger partial charge in [-0.25, -0.2) is 0 Å². The van der Waals surface area contributed by atoms with Crippen LogP contribution < -0.4 is 10.6 Å². The van der Waals surface area contributed by atoms with E-state index in [2.05, 4.69) is 20.8 Å². The Morgan fingerprint density at radius 3 is 3.00 bits per heavy atom. The number of aromatic nitrogens is 2. The summed E-state index contributed by atoms with van der Waals surface area (Å²) in [5.74, 6) is 1.28. The SMILES string of the molecule is CC(C)c1nc(NC[C@]2(O)CCCNC2)no1. The number of nitrogens with one attached hydrogen (secondary N) is 2. The molecular formula is C11H20N4O2. The molecule has 3 N–H and O–H groups in total. The molecule has 0 amide bonds. The molecule has 0 unspecified atom stereocenters. The summed E-state index contributed by atoms with van der Waals surface area (Å²) in [6.45, 7) is 6.01. The fourth-order valence-electron chi connectivity index (χ4n) is 1.89. The lowest BCUT2D eigenvalue weighted by Crippen LogP contribution is -2.50. The summed E-state index contributed by atoms with van der Waals surface area (Å²) in [6, 6.07) is 0. The topological polar surface area (TPSA) is 83.2 Å². The largest absolute Gasteiger partial charge is 0.387 e. The van der Waals surface area contributed by atoms with Gasteiger partial charge in [-0.05, 0) is 24.5 Å². The summed E-state index contributed by atoms with van der Waals surface area (Å²) >= 11 is 0. The molecule has 1 atom stereocenters. The third-order valence-corrected chi connectivity index (χ3v) is 2.96. The average molecular weight is 240 g/mol. The lowest BCUT2D eigenvalue weighted by atomic mass is 9.94. The smallest absolute Gasteiger partial charge is 0.263 e. The van der Waals surface area contributed by atoms with E-state index < -0.39 is 5.60 Å². The number of nitrogens with zero attached hydrogens (tertiary/aromatic N) is 2. The van der Waals surface area contributed by atoms with Gasteiger partial charge < -0.3 is 20.3 Å². The van der Waals surface area contributed by atoms with Crippen molar-refractivity contribution in [3.63, 3.8) is 0 Å². The van der Waals surface area contributed by atoms with Crippen LogP contribution in [0.5, 0.6) is 0 Å². The van der Waals surface area contributed by atoms with Crippen LogP contribution in [0.3, 0.4) is 0 Å². The molecule has 0 bridgehead atoms. The normalized spacial score (nSPS) is 25.2. The van der Waals surface area contributed by atoms with Gasteiger partial charge in [-0.1, -0.05) is 13.8 Å².